The van der Waals surface area contributed by atoms with Crippen LogP contribution in [0.15, 0.2) is 131 Å². The SMILES string of the molecule is NC(=O)[C@H](CCCCNC(=O)c1ccc2ccccc2c1)CC(=O)CCCCCNC(=O)[C@H](CCC(=O)O)CC(=O)[C@H](Cc1c[nH]c2ccccc12)NC(=O)[C@@H](CC(=O)CNC(=O)[C@H](CCC(=O)O)CC(=O)[C@@H](CC(=O)O)NS(=O)(=O)c1ccc(Br)cc1)Cc1cccc(F)c1. The lowest BCUT2D eigenvalue weighted by Gasteiger charge is -2.24. The molecule has 512 valence electrons. The maximum absolute atomic E-state index is 14.7. The number of aromatic amines is 1. The van der Waals surface area contributed by atoms with Crippen molar-refractivity contribution in [3.63, 3.8) is 0 Å². The summed E-state index contributed by atoms with van der Waals surface area (Å²) in [4.78, 5) is 161. The second-order valence-electron chi connectivity index (χ2n) is 23.7. The summed E-state index contributed by atoms with van der Waals surface area (Å²) in [6, 6.07) is 27.2. The Bertz CT molecular complexity index is 3900. The molecule has 0 aliphatic rings. The molecule has 0 aliphatic carbocycles. The van der Waals surface area contributed by atoms with E-state index in [1.807, 2.05) is 41.1 Å². The number of carbonyl (C=O) groups excluding carboxylic acids is 9. The van der Waals surface area contributed by atoms with Crippen LogP contribution in [0.1, 0.15) is 124 Å². The summed E-state index contributed by atoms with van der Waals surface area (Å²) >= 11 is 3.18. The van der Waals surface area contributed by atoms with Crippen LogP contribution < -0.4 is 31.7 Å². The molecule has 6 aromatic rings. The number of nitrogens with one attached hydrogen (secondary N) is 6. The molecule has 0 spiro atoms. The molecule has 5 aromatic carbocycles. The van der Waals surface area contributed by atoms with E-state index in [0.717, 1.165) is 22.9 Å². The number of Topliss-reactive ketones (excluding diaryl/α,β-unsaturated/α-hetero) is 4. The second kappa shape index (κ2) is 37.7. The largest absolute Gasteiger partial charge is 0.481 e. The van der Waals surface area contributed by atoms with Gasteiger partial charge in [-0.15, -0.1) is 0 Å². The van der Waals surface area contributed by atoms with E-state index >= 15 is 0 Å². The van der Waals surface area contributed by atoms with Crippen LogP contribution in [0.5, 0.6) is 0 Å². The van der Waals surface area contributed by atoms with Crippen LogP contribution in [0.2, 0.25) is 0 Å². The van der Waals surface area contributed by atoms with E-state index < -0.39 is 162 Å². The van der Waals surface area contributed by atoms with Crippen molar-refractivity contribution in [2.75, 3.05) is 19.6 Å². The number of aromatic nitrogens is 1. The monoisotopic (exact) mass is 1410 g/mol. The van der Waals surface area contributed by atoms with Gasteiger partial charge in [-0.25, -0.2) is 17.5 Å². The first-order valence-corrected chi connectivity index (χ1v) is 33.8. The Morgan fingerprint density at radius 1 is 0.542 bits per heavy atom. The number of unbranched alkanes of at least 4 members (excludes halogenated alkanes) is 3. The number of carboxylic acid groups (broad SMARTS) is 3. The quantitative estimate of drug-likeness (QED) is 0.0169. The molecule has 0 radical (unpaired) electrons. The number of rotatable bonds is 44. The maximum Gasteiger partial charge on any atom is 0.305 e. The predicted molar refractivity (Wildman–Crippen MR) is 355 cm³/mol. The van der Waals surface area contributed by atoms with E-state index in [1.165, 1.54) is 36.4 Å². The number of ketones is 4. The zero-order valence-corrected chi connectivity index (χ0v) is 55.1. The molecule has 0 saturated heterocycles. The van der Waals surface area contributed by atoms with Crippen molar-refractivity contribution in [3.05, 3.63) is 148 Å². The van der Waals surface area contributed by atoms with Gasteiger partial charge in [0.25, 0.3) is 5.91 Å². The van der Waals surface area contributed by atoms with Gasteiger partial charge in [0.15, 0.2) is 17.3 Å². The molecular weight excluding hydrogens is 1330 g/mol. The summed E-state index contributed by atoms with van der Waals surface area (Å²) < 4.78 is 43.7. The number of primary amides is 1. The van der Waals surface area contributed by atoms with Crippen molar-refractivity contribution in [1.29, 1.82) is 0 Å². The fourth-order valence-corrected chi connectivity index (χ4v) is 12.6. The number of hydrogen-bond acceptors (Lipinski definition) is 14. The summed E-state index contributed by atoms with van der Waals surface area (Å²) in [6.45, 7) is -0.365. The summed E-state index contributed by atoms with van der Waals surface area (Å²) in [5.74, 6) is -15.9. The van der Waals surface area contributed by atoms with Crippen molar-refractivity contribution < 1.29 is 85.7 Å². The van der Waals surface area contributed by atoms with E-state index in [1.54, 1.807) is 36.5 Å². The zero-order chi connectivity index (χ0) is 69.9. The number of halogens is 2. The van der Waals surface area contributed by atoms with Gasteiger partial charge in [-0.2, -0.15) is 0 Å². The van der Waals surface area contributed by atoms with Crippen LogP contribution in [-0.4, -0.2) is 131 Å². The molecule has 6 atom stereocenters. The summed E-state index contributed by atoms with van der Waals surface area (Å²) in [5, 5.41) is 42.2. The number of hydrogen-bond donors (Lipinski definition) is 10. The second-order valence-corrected chi connectivity index (χ2v) is 26.3. The first-order valence-electron chi connectivity index (χ1n) is 31.5. The number of amides is 5. The average Bonchev–Trinajstić information content (AvgIpc) is 1.86. The molecule has 0 saturated carbocycles. The molecule has 0 unspecified atom stereocenters. The number of para-hydroxylation sites is 1. The minimum absolute atomic E-state index is 0.0532. The molecule has 11 N–H and O–H groups in total. The first kappa shape index (κ1) is 75.7. The Morgan fingerprint density at radius 3 is 1.83 bits per heavy atom. The number of H-pyrrole nitrogens is 1. The molecule has 0 fully saturated rings. The van der Waals surface area contributed by atoms with E-state index in [4.69, 9.17) is 5.73 Å². The van der Waals surface area contributed by atoms with Crippen LogP contribution in [-0.2, 0) is 75.6 Å². The molecule has 24 nitrogen and oxygen atoms in total. The van der Waals surface area contributed by atoms with Crippen LogP contribution >= 0.6 is 15.9 Å². The predicted octanol–water partition coefficient (Wildman–Crippen LogP) is 7.22. The first-order chi connectivity index (χ1) is 45.7. The number of aliphatic carboxylic acids is 3. The van der Waals surface area contributed by atoms with Gasteiger partial charge in [-0.1, -0.05) is 89.4 Å². The highest BCUT2D eigenvalue weighted by molar-refractivity contribution is 9.10. The molecular formula is C69H79BrFN7O17S. The average molecular weight is 1410 g/mol. The molecule has 27 heteroatoms. The molecule has 6 rings (SSSR count). The lowest BCUT2D eigenvalue weighted by atomic mass is 9.89. The standard InChI is InChI=1S/C69H79BrFN7O17S/c70-51-23-25-55(26-24-51)96(94,95)78-59(39-64(87)88)61(82)38-48(22-28-63(85)86)68(92)76-41-54(80)35-49(31-42-11-10-15-52(71)32-42)69(93)77-58(36-50-40-75-57-18-6-5-17-56(50)57)60(81)37-47(21-27-62(83)84)67(91)73-29-8-1-2-16-53(79)34-45(65(72)89)14-7-9-30-74-66(90)46-20-19-43-12-3-4-13-44(43)33-46/h3-6,10-13,15,17-20,23-26,32-33,40,45,47-49,58-59,75,78H,1-2,7-9,14,16,21-22,27-31,34-39,41H2,(H2,72,89)(H,73,91)(H,74,90)(H,76,92)(H,77,93)(H,83,84)(H,85,86)(H,87,88)/t45-,47-,48-,49-,58+,59-/m1/s1. The molecule has 1 aromatic heterocycles. The number of nitrogens with two attached hydrogens (primary N) is 1. The summed E-state index contributed by atoms with van der Waals surface area (Å²) in [5.41, 5.74) is 7.67. The zero-order valence-electron chi connectivity index (χ0n) is 52.7. The van der Waals surface area contributed by atoms with Crippen LogP contribution in [0.3, 0.4) is 0 Å². The Kier molecular flexibility index (Phi) is 29.7. The Balaban J connectivity index is 1.07. The number of fused-ring (bicyclic) bond motifs is 2. The minimum Gasteiger partial charge on any atom is -0.481 e. The normalized spacial score (nSPS) is 13.3. The fraction of sp³-hybridized carbons (Fsp3) is 0.391. The van der Waals surface area contributed by atoms with Crippen molar-refractivity contribution in [3.8, 4) is 0 Å². The van der Waals surface area contributed by atoms with E-state index in [-0.39, 0.29) is 60.8 Å². The molecule has 96 heavy (non-hydrogen) atoms. The van der Waals surface area contributed by atoms with E-state index in [9.17, 15) is 85.7 Å². The number of benzene rings is 5. The number of carboxylic acids is 3. The molecule has 5 amide bonds. The van der Waals surface area contributed by atoms with Crippen molar-refractivity contribution in [1.82, 2.24) is 31.0 Å². The smallest absolute Gasteiger partial charge is 0.305 e. The maximum atomic E-state index is 14.7. The van der Waals surface area contributed by atoms with Crippen molar-refractivity contribution in [2.24, 2.45) is 29.4 Å². The Morgan fingerprint density at radius 2 is 1.17 bits per heavy atom. The third-order valence-corrected chi connectivity index (χ3v) is 18.3. The topological polar surface area (TPSA) is 402 Å². The lowest BCUT2D eigenvalue weighted by Crippen LogP contribution is -2.47. The van der Waals surface area contributed by atoms with Gasteiger partial charge < -0.3 is 47.3 Å². The van der Waals surface area contributed by atoms with Gasteiger partial charge in [-0.3, -0.25) is 57.5 Å². The highest BCUT2D eigenvalue weighted by Gasteiger charge is 2.35. The van der Waals surface area contributed by atoms with Gasteiger partial charge in [0.1, 0.15) is 11.6 Å². The lowest BCUT2D eigenvalue weighted by molar-refractivity contribution is -0.140. The van der Waals surface area contributed by atoms with Gasteiger partial charge in [0.2, 0.25) is 33.7 Å². The van der Waals surface area contributed by atoms with E-state index in [0.29, 0.717) is 71.6 Å². The Hall–Kier alpha value is -9.34. The van der Waals surface area contributed by atoms with Crippen LogP contribution in [0, 0.1) is 29.5 Å². The van der Waals surface area contributed by atoms with Gasteiger partial charge in [0, 0.05) is 115 Å². The number of sulfonamides is 1. The third-order valence-electron chi connectivity index (χ3n) is 16.3. The summed E-state index contributed by atoms with van der Waals surface area (Å²) in [6.07, 6.45) is -1.12. The summed E-state index contributed by atoms with van der Waals surface area (Å²) in [7, 11) is -4.51. The molecule has 0 aliphatic heterocycles. The van der Waals surface area contributed by atoms with Crippen molar-refractivity contribution in [2.45, 2.75) is 133 Å². The highest BCUT2D eigenvalue weighted by Crippen LogP contribution is 2.25. The van der Waals surface area contributed by atoms with Crippen molar-refractivity contribution >= 4 is 118 Å². The minimum atomic E-state index is -4.51. The fourth-order valence-electron chi connectivity index (χ4n) is 11.1. The van der Waals surface area contributed by atoms with Gasteiger partial charge in [0.05, 0.1) is 29.9 Å². The van der Waals surface area contributed by atoms with Gasteiger partial charge >= 0.3 is 17.9 Å². The van der Waals surface area contributed by atoms with Crippen LogP contribution in [0.4, 0.5) is 4.39 Å². The van der Waals surface area contributed by atoms with Crippen LogP contribution in [0.25, 0.3) is 21.7 Å². The molecule has 1 heterocycles. The molecule has 0 bridgehead atoms. The Labute approximate surface area is 562 Å². The van der Waals surface area contributed by atoms with E-state index in [2.05, 4.69) is 42.2 Å². The van der Waals surface area contributed by atoms with Gasteiger partial charge in [-0.05, 0) is 121 Å². The highest BCUT2D eigenvalue weighted by atomic mass is 79.9. The number of carbonyl (C=O) groups is 12. The third kappa shape index (κ3) is 25.1.